The fourth-order valence-electron chi connectivity index (χ4n) is 2.30. The summed E-state index contributed by atoms with van der Waals surface area (Å²) in [4.78, 5) is 23.8. The second-order valence-electron chi connectivity index (χ2n) is 5.86. The Bertz CT molecular complexity index is 773. The molecule has 6 nitrogen and oxygen atoms in total. The van der Waals surface area contributed by atoms with Crippen LogP contribution in [0.3, 0.4) is 0 Å². The Morgan fingerprint density at radius 1 is 0.846 bits per heavy atom. The zero-order valence-corrected chi connectivity index (χ0v) is 15.2. The predicted octanol–water partition coefficient (Wildman–Crippen LogP) is 5.58. The molecule has 0 unspecified atom stereocenters. The minimum absolute atomic E-state index is 0.0583. The standard InChI is InChI=1S/C20H24N4O2/c1-3-8-19(25)21-16-12-13-17(18(14-16)22-20(26)9-4-2)24-23-15-10-6-5-7-11-15/h5-7,10-14H,3-4,8-9H2,1-2H3,(H,21,25)(H,22,26). The highest BCUT2D eigenvalue weighted by molar-refractivity contribution is 5.96. The van der Waals surface area contributed by atoms with Gasteiger partial charge in [-0.15, -0.1) is 5.11 Å². The van der Waals surface area contributed by atoms with E-state index in [0.29, 0.717) is 29.9 Å². The van der Waals surface area contributed by atoms with Crippen LogP contribution < -0.4 is 10.6 Å². The van der Waals surface area contributed by atoms with Gasteiger partial charge >= 0.3 is 0 Å². The number of carbonyl (C=O) groups excluding carboxylic acids is 2. The third-order valence-corrected chi connectivity index (χ3v) is 3.54. The van der Waals surface area contributed by atoms with E-state index in [1.54, 1.807) is 18.2 Å². The molecule has 0 aliphatic heterocycles. The summed E-state index contributed by atoms with van der Waals surface area (Å²) in [7, 11) is 0. The first-order chi connectivity index (χ1) is 12.6. The maximum atomic E-state index is 12.0. The summed E-state index contributed by atoms with van der Waals surface area (Å²) in [6, 6.07) is 14.5. The molecule has 2 aromatic rings. The highest BCUT2D eigenvalue weighted by atomic mass is 16.2. The summed E-state index contributed by atoms with van der Waals surface area (Å²) in [6.07, 6.45) is 2.39. The average Bonchev–Trinajstić information content (AvgIpc) is 2.62. The van der Waals surface area contributed by atoms with Crippen LogP contribution >= 0.6 is 0 Å². The molecule has 26 heavy (non-hydrogen) atoms. The maximum absolute atomic E-state index is 12.0. The Hall–Kier alpha value is -3.02. The van der Waals surface area contributed by atoms with Crippen molar-refractivity contribution in [3.63, 3.8) is 0 Å². The van der Waals surface area contributed by atoms with E-state index < -0.39 is 0 Å². The number of amides is 2. The van der Waals surface area contributed by atoms with Gasteiger partial charge in [0, 0.05) is 18.5 Å². The molecule has 0 saturated carbocycles. The van der Waals surface area contributed by atoms with Crippen LogP contribution in [0.1, 0.15) is 39.5 Å². The smallest absolute Gasteiger partial charge is 0.224 e. The first kappa shape index (κ1) is 19.3. The Labute approximate surface area is 153 Å². The first-order valence-corrected chi connectivity index (χ1v) is 8.83. The van der Waals surface area contributed by atoms with Crippen LogP contribution in [0.2, 0.25) is 0 Å². The molecule has 2 amide bonds. The predicted molar refractivity (Wildman–Crippen MR) is 104 cm³/mol. The lowest BCUT2D eigenvalue weighted by Gasteiger charge is -2.11. The number of hydrogen-bond acceptors (Lipinski definition) is 4. The molecular weight excluding hydrogens is 328 g/mol. The molecule has 6 heteroatoms. The Morgan fingerprint density at radius 2 is 1.50 bits per heavy atom. The number of carbonyl (C=O) groups is 2. The van der Waals surface area contributed by atoms with Crippen molar-refractivity contribution in [2.45, 2.75) is 39.5 Å². The molecule has 0 spiro atoms. The Morgan fingerprint density at radius 3 is 2.15 bits per heavy atom. The zero-order valence-electron chi connectivity index (χ0n) is 15.2. The van der Waals surface area contributed by atoms with Crippen molar-refractivity contribution in [2.24, 2.45) is 10.2 Å². The summed E-state index contributed by atoms with van der Waals surface area (Å²) in [6.45, 7) is 3.89. The molecule has 0 saturated heterocycles. The van der Waals surface area contributed by atoms with Gasteiger partial charge in [0.25, 0.3) is 0 Å². The van der Waals surface area contributed by atoms with Gasteiger partial charge < -0.3 is 10.6 Å². The molecule has 0 atom stereocenters. The zero-order chi connectivity index (χ0) is 18.8. The second kappa shape index (κ2) is 10.1. The summed E-state index contributed by atoms with van der Waals surface area (Å²) in [5, 5.41) is 14.1. The maximum Gasteiger partial charge on any atom is 0.224 e. The quantitative estimate of drug-likeness (QED) is 0.608. The number of hydrogen-bond donors (Lipinski definition) is 2. The van der Waals surface area contributed by atoms with Crippen LogP contribution in [0.15, 0.2) is 58.8 Å². The number of azo groups is 1. The van der Waals surface area contributed by atoms with Gasteiger partial charge in [0.2, 0.25) is 11.8 Å². The Balaban J connectivity index is 2.25. The average molecular weight is 352 g/mol. The van der Waals surface area contributed by atoms with Crippen molar-refractivity contribution in [3.8, 4) is 0 Å². The lowest BCUT2D eigenvalue weighted by atomic mass is 10.2. The van der Waals surface area contributed by atoms with E-state index in [1.807, 2.05) is 44.2 Å². The van der Waals surface area contributed by atoms with Crippen LogP contribution in [0.4, 0.5) is 22.7 Å². The van der Waals surface area contributed by atoms with Crippen molar-refractivity contribution in [1.82, 2.24) is 0 Å². The van der Waals surface area contributed by atoms with Crippen LogP contribution in [0.5, 0.6) is 0 Å². The lowest BCUT2D eigenvalue weighted by Crippen LogP contribution is -2.13. The van der Waals surface area contributed by atoms with Crippen molar-refractivity contribution in [2.75, 3.05) is 10.6 Å². The van der Waals surface area contributed by atoms with Gasteiger partial charge in [-0.2, -0.15) is 5.11 Å². The first-order valence-electron chi connectivity index (χ1n) is 8.83. The van der Waals surface area contributed by atoms with Crippen molar-refractivity contribution in [1.29, 1.82) is 0 Å². The Kier molecular flexibility index (Phi) is 7.49. The molecular formula is C20H24N4O2. The van der Waals surface area contributed by atoms with E-state index in [1.165, 1.54) is 0 Å². The van der Waals surface area contributed by atoms with Gasteiger partial charge in [0.05, 0.1) is 11.4 Å². The van der Waals surface area contributed by atoms with E-state index in [2.05, 4.69) is 20.9 Å². The minimum atomic E-state index is -0.0966. The summed E-state index contributed by atoms with van der Waals surface area (Å²) >= 11 is 0. The molecule has 2 aromatic carbocycles. The largest absolute Gasteiger partial charge is 0.326 e. The van der Waals surface area contributed by atoms with Crippen LogP contribution in [-0.2, 0) is 9.59 Å². The molecule has 0 aliphatic rings. The molecule has 0 bridgehead atoms. The van der Waals surface area contributed by atoms with Gasteiger partial charge in [-0.05, 0) is 43.2 Å². The fourth-order valence-corrected chi connectivity index (χ4v) is 2.30. The fraction of sp³-hybridized carbons (Fsp3) is 0.300. The number of benzene rings is 2. The van der Waals surface area contributed by atoms with E-state index in [4.69, 9.17) is 0 Å². The van der Waals surface area contributed by atoms with E-state index in [-0.39, 0.29) is 11.8 Å². The van der Waals surface area contributed by atoms with Crippen LogP contribution in [0.25, 0.3) is 0 Å². The summed E-state index contributed by atoms with van der Waals surface area (Å²) < 4.78 is 0. The number of rotatable bonds is 8. The van der Waals surface area contributed by atoms with Gasteiger partial charge in [0.15, 0.2) is 0 Å². The highest BCUT2D eigenvalue weighted by Gasteiger charge is 2.09. The van der Waals surface area contributed by atoms with Crippen LogP contribution in [-0.4, -0.2) is 11.8 Å². The van der Waals surface area contributed by atoms with Gasteiger partial charge in [-0.3, -0.25) is 9.59 Å². The summed E-state index contributed by atoms with van der Waals surface area (Å²) in [5.74, 6) is -0.155. The number of anilines is 2. The molecule has 0 fully saturated rings. The number of nitrogens with one attached hydrogen (secondary N) is 2. The minimum Gasteiger partial charge on any atom is -0.326 e. The normalized spacial score (nSPS) is 10.7. The lowest BCUT2D eigenvalue weighted by molar-refractivity contribution is -0.117. The molecule has 0 radical (unpaired) electrons. The summed E-state index contributed by atoms with van der Waals surface area (Å²) in [5.41, 5.74) is 2.40. The van der Waals surface area contributed by atoms with Crippen molar-refractivity contribution < 1.29 is 9.59 Å². The molecule has 2 N–H and O–H groups in total. The highest BCUT2D eigenvalue weighted by Crippen LogP contribution is 2.30. The third-order valence-electron chi connectivity index (χ3n) is 3.54. The number of nitrogens with zero attached hydrogens (tertiary/aromatic N) is 2. The van der Waals surface area contributed by atoms with Gasteiger partial charge in [-0.1, -0.05) is 32.0 Å². The van der Waals surface area contributed by atoms with E-state index in [0.717, 1.165) is 18.5 Å². The molecule has 0 aliphatic carbocycles. The molecule has 136 valence electrons. The molecule has 2 rings (SSSR count). The van der Waals surface area contributed by atoms with Gasteiger partial charge in [0.1, 0.15) is 5.69 Å². The third kappa shape index (κ3) is 6.12. The van der Waals surface area contributed by atoms with E-state index >= 15 is 0 Å². The van der Waals surface area contributed by atoms with E-state index in [9.17, 15) is 9.59 Å². The molecule has 0 heterocycles. The van der Waals surface area contributed by atoms with Crippen molar-refractivity contribution in [3.05, 3.63) is 48.5 Å². The van der Waals surface area contributed by atoms with Crippen molar-refractivity contribution >= 4 is 34.6 Å². The SMILES string of the molecule is CCCC(=O)Nc1ccc(N=Nc2ccccc2)c(NC(=O)CCC)c1. The van der Waals surface area contributed by atoms with Crippen LogP contribution in [0, 0.1) is 0 Å². The monoisotopic (exact) mass is 352 g/mol. The topological polar surface area (TPSA) is 82.9 Å². The molecule has 0 aromatic heterocycles. The van der Waals surface area contributed by atoms with Gasteiger partial charge in [-0.25, -0.2) is 0 Å². The second-order valence-corrected chi connectivity index (χ2v) is 5.86.